The summed E-state index contributed by atoms with van der Waals surface area (Å²) >= 11 is 0. The second kappa shape index (κ2) is 8.13. The molecule has 3 aromatic rings. The van der Waals surface area contributed by atoms with Crippen LogP contribution in [0, 0.1) is 6.92 Å². The lowest BCUT2D eigenvalue weighted by Gasteiger charge is -2.17. The minimum absolute atomic E-state index is 0.0496. The first-order valence-corrected chi connectivity index (χ1v) is 10.4. The molecule has 4 atom stereocenters. The van der Waals surface area contributed by atoms with Gasteiger partial charge in [0.05, 0.1) is 17.5 Å². The smallest absolute Gasteiger partial charge is 0.279 e. The SMILES string of the molecule is Cc1nc2c(ncn2[C@@H]2O[C@H](CNC(=O)CN3C(=O)c4ccccc4C3=O)[C@H](O)C2O)c(=O)[nH]1. The Hall–Kier alpha value is -3.94. The minimum Gasteiger partial charge on any atom is -0.387 e. The maximum absolute atomic E-state index is 12.4. The van der Waals surface area contributed by atoms with Gasteiger partial charge in [0.15, 0.2) is 17.4 Å². The molecule has 176 valence electrons. The lowest BCUT2D eigenvalue weighted by Crippen LogP contribution is -2.44. The minimum atomic E-state index is -1.39. The molecule has 2 aromatic heterocycles. The van der Waals surface area contributed by atoms with E-state index in [9.17, 15) is 29.4 Å². The molecular weight excluding hydrogens is 448 g/mol. The summed E-state index contributed by atoms with van der Waals surface area (Å²) in [6.45, 7) is 0.890. The number of ether oxygens (including phenoxy) is 1. The number of rotatable bonds is 5. The number of nitrogens with zero attached hydrogens (tertiary/aromatic N) is 4. The predicted octanol–water partition coefficient (Wildman–Crippen LogP) is -1.54. The molecule has 5 rings (SSSR count). The highest BCUT2D eigenvalue weighted by Gasteiger charge is 2.44. The number of hydrogen-bond acceptors (Lipinski definition) is 9. The Labute approximate surface area is 191 Å². The monoisotopic (exact) mass is 468 g/mol. The highest BCUT2D eigenvalue weighted by Crippen LogP contribution is 2.31. The van der Waals surface area contributed by atoms with Gasteiger partial charge in [0.1, 0.15) is 30.7 Å². The zero-order valence-electron chi connectivity index (χ0n) is 17.8. The van der Waals surface area contributed by atoms with Gasteiger partial charge in [-0.05, 0) is 19.1 Å². The van der Waals surface area contributed by atoms with Gasteiger partial charge < -0.3 is 25.3 Å². The van der Waals surface area contributed by atoms with Gasteiger partial charge in [0.2, 0.25) is 5.91 Å². The number of H-pyrrole nitrogens is 1. The number of imidazole rings is 1. The van der Waals surface area contributed by atoms with E-state index in [1.165, 1.54) is 23.0 Å². The Kier molecular flexibility index (Phi) is 5.23. The van der Waals surface area contributed by atoms with Crippen LogP contribution in [-0.2, 0) is 9.53 Å². The molecular formula is C21H20N6O7. The van der Waals surface area contributed by atoms with E-state index in [2.05, 4.69) is 20.3 Å². The number of aromatic nitrogens is 4. The van der Waals surface area contributed by atoms with E-state index >= 15 is 0 Å². The molecule has 2 aliphatic rings. The van der Waals surface area contributed by atoms with Crippen LogP contribution < -0.4 is 10.9 Å². The van der Waals surface area contributed by atoms with Crippen LogP contribution in [0.25, 0.3) is 11.2 Å². The molecule has 1 fully saturated rings. The summed E-state index contributed by atoms with van der Waals surface area (Å²) in [5.41, 5.74) is 0.236. The van der Waals surface area contributed by atoms with Crippen LogP contribution in [0.3, 0.4) is 0 Å². The Balaban J connectivity index is 1.25. The maximum Gasteiger partial charge on any atom is 0.279 e. The fraction of sp³-hybridized carbons (Fsp3) is 0.333. The van der Waals surface area contributed by atoms with Gasteiger partial charge in [-0.25, -0.2) is 9.97 Å². The average molecular weight is 468 g/mol. The number of aryl methyl sites for hydroxylation is 1. The highest BCUT2D eigenvalue weighted by molar-refractivity contribution is 6.22. The fourth-order valence-electron chi connectivity index (χ4n) is 4.15. The van der Waals surface area contributed by atoms with Crippen molar-refractivity contribution in [3.05, 3.63) is 57.9 Å². The summed E-state index contributed by atoms with van der Waals surface area (Å²) in [7, 11) is 0. The number of aliphatic hydroxyl groups is 2. The topological polar surface area (TPSA) is 180 Å². The van der Waals surface area contributed by atoms with Gasteiger partial charge in [-0.2, -0.15) is 0 Å². The van der Waals surface area contributed by atoms with Gasteiger partial charge in [-0.15, -0.1) is 0 Å². The Bertz CT molecular complexity index is 1350. The van der Waals surface area contributed by atoms with E-state index in [1.54, 1.807) is 19.1 Å². The summed E-state index contributed by atoms with van der Waals surface area (Å²) in [6, 6.07) is 6.29. The number of hydrogen-bond donors (Lipinski definition) is 4. The molecule has 0 radical (unpaired) electrons. The van der Waals surface area contributed by atoms with Crippen LogP contribution in [0.2, 0.25) is 0 Å². The lowest BCUT2D eigenvalue weighted by atomic mass is 10.1. The first-order valence-electron chi connectivity index (χ1n) is 10.4. The molecule has 13 nitrogen and oxygen atoms in total. The zero-order valence-corrected chi connectivity index (χ0v) is 17.8. The third-order valence-electron chi connectivity index (χ3n) is 5.84. The third-order valence-corrected chi connectivity index (χ3v) is 5.84. The third kappa shape index (κ3) is 3.46. The van der Waals surface area contributed by atoms with Gasteiger partial charge in [0.25, 0.3) is 17.4 Å². The van der Waals surface area contributed by atoms with Crippen molar-refractivity contribution >= 4 is 28.9 Å². The number of carbonyl (C=O) groups is 3. The van der Waals surface area contributed by atoms with Gasteiger partial charge in [-0.3, -0.25) is 28.6 Å². The second-order valence-corrected chi connectivity index (χ2v) is 8.07. The van der Waals surface area contributed by atoms with E-state index in [4.69, 9.17) is 4.74 Å². The summed E-state index contributed by atoms with van der Waals surface area (Å²) < 4.78 is 7.08. The van der Waals surface area contributed by atoms with E-state index in [1.807, 2.05) is 0 Å². The van der Waals surface area contributed by atoms with Crippen molar-refractivity contribution in [3.8, 4) is 0 Å². The Morgan fingerprint density at radius 3 is 2.50 bits per heavy atom. The number of fused-ring (bicyclic) bond motifs is 2. The molecule has 1 unspecified atom stereocenters. The number of benzene rings is 1. The van der Waals surface area contributed by atoms with Crippen molar-refractivity contribution in [1.29, 1.82) is 0 Å². The van der Waals surface area contributed by atoms with Crippen LogP contribution in [0.15, 0.2) is 35.4 Å². The molecule has 34 heavy (non-hydrogen) atoms. The van der Waals surface area contributed by atoms with Crippen LogP contribution >= 0.6 is 0 Å². The van der Waals surface area contributed by atoms with Crippen molar-refractivity contribution < 1.29 is 29.3 Å². The van der Waals surface area contributed by atoms with Gasteiger partial charge >= 0.3 is 0 Å². The molecule has 1 saturated heterocycles. The Morgan fingerprint density at radius 2 is 1.82 bits per heavy atom. The normalized spacial score (nSPS) is 24.1. The summed E-state index contributed by atoms with van der Waals surface area (Å²) in [6.07, 6.45) is -3.60. The van der Waals surface area contributed by atoms with E-state index in [0.29, 0.717) is 5.82 Å². The molecule has 3 amide bonds. The van der Waals surface area contributed by atoms with Crippen molar-refractivity contribution in [1.82, 2.24) is 29.7 Å². The number of carbonyl (C=O) groups excluding carboxylic acids is 3. The highest BCUT2D eigenvalue weighted by atomic mass is 16.6. The molecule has 0 aliphatic carbocycles. The molecule has 4 N–H and O–H groups in total. The summed E-state index contributed by atoms with van der Waals surface area (Å²) in [5.74, 6) is -1.43. The molecule has 0 spiro atoms. The van der Waals surface area contributed by atoms with Crippen LogP contribution in [0.1, 0.15) is 32.8 Å². The number of nitrogens with one attached hydrogen (secondary N) is 2. The van der Waals surface area contributed by atoms with Crippen LogP contribution in [0.5, 0.6) is 0 Å². The average Bonchev–Trinajstić information content (AvgIpc) is 3.43. The summed E-state index contributed by atoms with van der Waals surface area (Å²) in [4.78, 5) is 60.9. The molecule has 0 saturated carbocycles. The van der Waals surface area contributed by atoms with Crippen molar-refractivity contribution in [3.63, 3.8) is 0 Å². The van der Waals surface area contributed by atoms with E-state index in [-0.39, 0.29) is 28.8 Å². The zero-order chi connectivity index (χ0) is 24.1. The van der Waals surface area contributed by atoms with Gasteiger partial charge in [-0.1, -0.05) is 12.1 Å². The van der Waals surface area contributed by atoms with Crippen LogP contribution in [0.4, 0.5) is 0 Å². The fourth-order valence-corrected chi connectivity index (χ4v) is 4.15. The predicted molar refractivity (Wildman–Crippen MR) is 114 cm³/mol. The van der Waals surface area contributed by atoms with E-state index in [0.717, 1.165) is 4.90 Å². The quantitative estimate of drug-likeness (QED) is 0.323. The lowest BCUT2D eigenvalue weighted by molar-refractivity contribution is -0.122. The first kappa shape index (κ1) is 21.9. The Morgan fingerprint density at radius 1 is 1.15 bits per heavy atom. The van der Waals surface area contributed by atoms with Gasteiger partial charge in [0, 0.05) is 6.54 Å². The number of imide groups is 1. The first-order chi connectivity index (χ1) is 16.3. The molecule has 0 bridgehead atoms. The standard InChI is InChI=1S/C21H20N6O7/c1-9-24-17-14(18(31)25-9)23-8-27(17)21-16(30)15(29)12(34-21)6-22-13(28)7-26-19(32)10-4-2-3-5-11(10)20(26)33/h2-5,8,12,15-16,21,29-30H,6-7H2,1H3,(H,22,28)(H,24,25,31)/t12-,15+,16?,21-/m1/s1. The molecule has 13 heteroatoms. The summed E-state index contributed by atoms with van der Waals surface area (Å²) in [5, 5.41) is 23.5. The van der Waals surface area contributed by atoms with Crippen molar-refractivity contribution in [2.75, 3.05) is 13.1 Å². The molecule has 4 heterocycles. The number of aromatic amines is 1. The number of aliphatic hydroxyl groups excluding tert-OH is 2. The van der Waals surface area contributed by atoms with Crippen molar-refractivity contribution in [2.24, 2.45) is 0 Å². The largest absolute Gasteiger partial charge is 0.387 e. The maximum atomic E-state index is 12.4. The molecule has 2 aliphatic heterocycles. The second-order valence-electron chi connectivity index (χ2n) is 8.07. The van der Waals surface area contributed by atoms with Crippen LogP contribution in [-0.4, -0.2) is 83.8 Å². The van der Waals surface area contributed by atoms with Crippen molar-refractivity contribution in [2.45, 2.75) is 31.5 Å². The molecule has 1 aromatic carbocycles. The van der Waals surface area contributed by atoms with E-state index < -0.39 is 54.4 Å². The number of amides is 3.